The van der Waals surface area contributed by atoms with E-state index in [4.69, 9.17) is 4.74 Å². The summed E-state index contributed by atoms with van der Waals surface area (Å²) in [7, 11) is 3.75. The largest absolute Gasteiger partial charge is 0.478 e. The summed E-state index contributed by atoms with van der Waals surface area (Å²) in [6.45, 7) is 3.84. The number of likely N-dealkylation sites (N-methyl/N-ethyl adjacent to an activating group) is 1. The van der Waals surface area contributed by atoms with Crippen LogP contribution in [0, 0.1) is 11.3 Å². The predicted molar refractivity (Wildman–Crippen MR) is 153 cm³/mol. The van der Waals surface area contributed by atoms with Gasteiger partial charge in [0.15, 0.2) is 0 Å². The van der Waals surface area contributed by atoms with Crippen molar-refractivity contribution in [3.63, 3.8) is 0 Å². The van der Waals surface area contributed by atoms with Gasteiger partial charge in [-0.1, -0.05) is 24.3 Å². The lowest BCUT2D eigenvalue weighted by Gasteiger charge is -2.49. The fourth-order valence-electron chi connectivity index (χ4n) is 5.52. The van der Waals surface area contributed by atoms with Crippen LogP contribution in [0.2, 0.25) is 0 Å². The fraction of sp³-hybridized carbons (Fsp3) is 0.387. The molecule has 0 bridgehead atoms. The molecule has 11 heteroatoms. The monoisotopic (exact) mass is 581 g/mol. The number of aromatic nitrogens is 1. The number of carbonyl (C=O) groups is 1. The van der Waals surface area contributed by atoms with Crippen LogP contribution < -0.4 is 9.64 Å². The summed E-state index contributed by atoms with van der Waals surface area (Å²) in [5, 5.41) is 20.0. The number of hydrogen-bond acceptors (Lipinski definition) is 6. The maximum absolute atomic E-state index is 13.3. The molecule has 1 saturated heterocycles. The topological polar surface area (TPSA) is 92.9 Å². The SMILES string of the molecule is CCOc1ncccc1-c1ccc(C2(N(CCN(C)C)C(=O)O)CCN(c3ccc(C(F)(F)F)cc3C#N)CC2)cc1. The van der Waals surface area contributed by atoms with E-state index < -0.39 is 23.4 Å². The van der Waals surface area contributed by atoms with Gasteiger partial charge in [-0.3, -0.25) is 4.90 Å². The minimum Gasteiger partial charge on any atom is -0.478 e. The van der Waals surface area contributed by atoms with Crippen LogP contribution in [-0.2, 0) is 11.7 Å². The van der Waals surface area contributed by atoms with E-state index >= 15 is 0 Å². The van der Waals surface area contributed by atoms with Crippen LogP contribution in [0.4, 0.5) is 23.7 Å². The van der Waals surface area contributed by atoms with Gasteiger partial charge in [-0.15, -0.1) is 0 Å². The zero-order valence-corrected chi connectivity index (χ0v) is 23.9. The van der Waals surface area contributed by atoms with Crippen molar-refractivity contribution in [2.24, 2.45) is 0 Å². The van der Waals surface area contributed by atoms with Crippen molar-refractivity contribution in [2.45, 2.75) is 31.5 Å². The average Bonchev–Trinajstić information content (AvgIpc) is 2.97. The van der Waals surface area contributed by atoms with E-state index in [1.165, 1.54) is 11.0 Å². The zero-order valence-electron chi connectivity index (χ0n) is 23.9. The molecular weight excluding hydrogens is 547 g/mol. The molecular formula is C31H34F3N5O3. The number of ether oxygens (including phenoxy) is 1. The first-order valence-electron chi connectivity index (χ1n) is 13.7. The van der Waals surface area contributed by atoms with Crippen LogP contribution in [0.25, 0.3) is 11.1 Å². The molecule has 0 spiro atoms. The third kappa shape index (κ3) is 6.44. The number of hydrogen-bond donors (Lipinski definition) is 1. The number of nitrogens with zero attached hydrogens (tertiary/aromatic N) is 5. The van der Waals surface area contributed by atoms with Gasteiger partial charge in [0.25, 0.3) is 0 Å². The fourth-order valence-corrected chi connectivity index (χ4v) is 5.52. The lowest BCUT2D eigenvalue weighted by Crippen LogP contribution is -2.56. The van der Waals surface area contributed by atoms with E-state index in [0.717, 1.165) is 28.8 Å². The molecule has 0 radical (unpaired) electrons. The molecule has 0 saturated carbocycles. The summed E-state index contributed by atoms with van der Waals surface area (Å²) in [4.78, 5) is 22.3. The Bertz CT molecular complexity index is 1430. The molecule has 4 rings (SSSR count). The number of rotatable bonds is 9. The van der Waals surface area contributed by atoms with E-state index in [-0.39, 0.29) is 12.1 Å². The molecule has 42 heavy (non-hydrogen) atoms. The number of carboxylic acid groups (broad SMARTS) is 1. The van der Waals surface area contributed by atoms with Crippen molar-refractivity contribution >= 4 is 11.8 Å². The lowest BCUT2D eigenvalue weighted by molar-refractivity contribution is -0.137. The first-order valence-corrected chi connectivity index (χ1v) is 13.7. The van der Waals surface area contributed by atoms with E-state index in [1.54, 1.807) is 6.20 Å². The third-order valence-electron chi connectivity index (χ3n) is 7.68. The molecule has 1 aliphatic heterocycles. The number of halogens is 3. The molecule has 1 amide bonds. The van der Waals surface area contributed by atoms with Crippen LogP contribution in [0.15, 0.2) is 60.8 Å². The van der Waals surface area contributed by atoms with Gasteiger partial charge in [0.1, 0.15) is 6.07 Å². The van der Waals surface area contributed by atoms with E-state index in [1.807, 2.05) is 73.3 Å². The quantitative estimate of drug-likeness (QED) is 0.328. The standard InChI is InChI=1S/C31H34F3N5O3/c1-4-42-28-26(6-5-15-36-28)22-7-9-24(10-8-22)30(39(29(40)41)19-18-37(2)3)13-16-38(17-14-30)27-12-11-25(31(32,33)34)20-23(27)21-35/h5-12,15,20H,4,13-14,16-19H2,1-3H3,(H,40,41). The molecule has 2 aromatic carbocycles. The van der Waals surface area contributed by atoms with Gasteiger partial charge >= 0.3 is 12.3 Å². The van der Waals surface area contributed by atoms with Crippen molar-refractivity contribution in [2.75, 3.05) is 51.8 Å². The molecule has 0 aliphatic carbocycles. The van der Waals surface area contributed by atoms with Crippen LogP contribution >= 0.6 is 0 Å². The third-order valence-corrected chi connectivity index (χ3v) is 7.68. The van der Waals surface area contributed by atoms with Crippen LogP contribution in [0.3, 0.4) is 0 Å². The predicted octanol–water partition coefficient (Wildman–Crippen LogP) is 6.08. The van der Waals surface area contributed by atoms with Crippen molar-refractivity contribution in [1.29, 1.82) is 5.26 Å². The smallest absolute Gasteiger partial charge is 0.416 e. The normalized spacial score (nSPS) is 14.9. The second-order valence-corrected chi connectivity index (χ2v) is 10.5. The first kappa shape index (κ1) is 30.7. The van der Waals surface area contributed by atoms with E-state index in [0.29, 0.717) is 50.7 Å². The Kier molecular flexibility index (Phi) is 9.27. The second-order valence-electron chi connectivity index (χ2n) is 10.5. The highest BCUT2D eigenvalue weighted by Gasteiger charge is 2.44. The molecule has 222 valence electrons. The molecule has 1 fully saturated rings. The minimum absolute atomic E-state index is 0.0639. The van der Waals surface area contributed by atoms with E-state index in [9.17, 15) is 28.3 Å². The molecule has 8 nitrogen and oxygen atoms in total. The van der Waals surface area contributed by atoms with Crippen LogP contribution in [-0.4, -0.2) is 72.9 Å². The average molecular weight is 582 g/mol. The molecule has 0 unspecified atom stereocenters. The molecule has 1 aromatic heterocycles. The van der Waals surface area contributed by atoms with Gasteiger partial charge in [-0.2, -0.15) is 18.4 Å². The number of benzene rings is 2. The Morgan fingerprint density at radius 2 is 1.81 bits per heavy atom. The van der Waals surface area contributed by atoms with Crippen molar-refractivity contribution in [1.82, 2.24) is 14.8 Å². The van der Waals surface area contributed by atoms with Gasteiger partial charge in [0, 0.05) is 37.9 Å². The number of piperidine rings is 1. The molecule has 1 aliphatic rings. The molecule has 2 heterocycles. The van der Waals surface area contributed by atoms with Crippen molar-refractivity contribution in [3.8, 4) is 23.1 Å². The van der Waals surface area contributed by atoms with Crippen LogP contribution in [0.1, 0.15) is 36.5 Å². The first-order chi connectivity index (χ1) is 20.0. The highest BCUT2D eigenvalue weighted by Crippen LogP contribution is 2.42. The second kappa shape index (κ2) is 12.7. The summed E-state index contributed by atoms with van der Waals surface area (Å²) in [5.41, 5.74) is 1.10. The number of anilines is 1. The van der Waals surface area contributed by atoms with Crippen LogP contribution in [0.5, 0.6) is 5.88 Å². The highest BCUT2D eigenvalue weighted by atomic mass is 19.4. The lowest BCUT2D eigenvalue weighted by atomic mass is 9.78. The van der Waals surface area contributed by atoms with Gasteiger partial charge in [-0.25, -0.2) is 9.78 Å². The van der Waals surface area contributed by atoms with Gasteiger partial charge in [0.05, 0.1) is 29.0 Å². The Balaban J connectivity index is 1.70. The summed E-state index contributed by atoms with van der Waals surface area (Å²) in [6, 6.07) is 16.5. The summed E-state index contributed by atoms with van der Waals surface area (Å²) in [5.74, 6) is 0.513. The summed E-state index contributed by atoms with van der Waals surface area (Å²) < 4.78 is 45.5. The maximum Gasteiger partial charge on any atom is 0.416 e. The highest BCUT2D eigenvalue weighted by molar-refractivity contribution is 5.70. The molecule has 3 aromatic rings. The molecule has 1 N–H and O–H groups in total. The van der Waals surface area contributed by atoms with Gasteiger partial charge in [0.2, 0.25) is 5.88 Å². The Morgan fingerprint density at radius 1 is 1.12 bits per heavy atom. The van der Waals surface area contributed by atoms with Gasteiger partial charge < -0.3 is 19.6 Å². The Labute approximate surface area is 243 Å². The van der Waals surface area contributed by atoms with Gasteiger partial charge in [-0.05, 0) is 75.3 Å². The number of pyridine rings is 1. The Morgan fingerprint density at radius 3 is 2.38 bits per heavy atom. The van der Waals surface area contributed by atoms with Crippen molar-refractivity contribution < 1.29 is 27.8 Å². The molecule has 0 atom stereocenters. The number of nitriles is 1. The maximum atomic E-state index is 13.3. The zero-order chi connectivity index (χ0) is 30.5. The van der Waals surface area contributed by atoms with E-state index in [2.05, 4.69) is 4.98 Å². The Hall–Kier alpha value is -4.30. The number of amides is 1. The van der Waals surface area contributed by atoms with Crippen molar-refractivity contribution in [3.05, 3.63) is 77.5 Å². The number of alkyl halides is 3. The summed E-state index contributed by atoms with van der Waals surface area (Å²) in [6.07, 6.45) is -3.17. The minimum atomic E-state index is -4.55. The summed E-state index contributed by atoms with van der Waals surface area (Å²) >= 11 is 0.